The van der Waals surface area contributed by atoms with E-state index in [9.17, 15) is 4.79 Å². The van der Waals surface area contributed by atoms with Gasteiger partial charge in [-0.3, -0.25) is 4.79 Å². The zero-order valence-corrected chi connectivity index (χ0v) is 13.8. The van der Waals surface area contributed by atoms with E-state index < -0.39 is 0 Å². The standard InChI is InChI=1S/C21H19N3O/c25-21(23-20-11-8-17-3-1-2-4-19(17)20)12-7-16-5-9-18(10-6-16)24-14-13-22-15-24/h1-7,9-10,12-15,20H,8,11H2,(H,23,25)/b12-7+. The fraction of sp³-hybridized carbons (Fsp3) is 0.143. The van der Waals surface area contributed by atoms with Crippen LogP contribution in [-0.4, -0.2) is 15.5 Å². The fourth-order valence-electron chi connectivity index (χ4n) is 3.27. The molecule has 1 amide bonds. The van der Waals surface area contributed by atoms with Gasteiger partial charge in [-0.15, -0.1) is 0 Å². The molecule has 124 valence electrons. The molecule has 1 aromatic heterocycles. The maximum absolute atomic E-state index is 12.2. The van der Waals surface area contributed by atoms with Crippen molar-refractivity contribution in [3.63, 3.8) is 0 Å². The van der Waals surface area contributed by atoms with E-state index >= 15 is 0 Å². The summed E-state index contributed by atoms with van der Waals surface area (Å²) in [7, 11) is 0. The van der Waals surface area contributed by atoms with E-state index in [0.29, 0.717) is 0 Å². The summed E-state index contributed by atoms with van der Waals surface area (Å²) < 4.78 is 1.94. The number of hydrogen-bond acceptors (Lipinski definition) is 2. The first-order valence-electron chi connectivity index (χ1n) is 8.44. The monoisotopic (exact) mass is 329 g/mol. The molecule has 25 heavy (non-hydrogen) atoms. The van der Waals surface area contributed by atoms with Crippen LogP contribution in [-0.2, 0) is 11.2 Å². The van der Waals surface area contributed by atoms with Crippen molar-refractivity contribution in [2.45, 2.75) is 18.9 Å². The van der Waals surface area contributed by atoms with Crippen LogP contribution in [0, 0.1) is 0 Å². The van der Waals surface area contributed by atoms with Gasteiger partial charge in [-0.25, -0.2) is 4.98 Å². The highest BCUT2D eigenvalue weighted by atomic mass is 16.1. The van der Waals surface area contributed by atoms with Gasteiger partial charge in [-0.05, 0) is 47.7 Å². The smallest absolute Gasteiger partial charge is 0.244 e. The van der Waals surface area contributed by atoms with Gasteiger partial charge >= 0.3 is 0 Å². The normalized spacial score (nSPS) is 16.1. The highest BCUT2D eigenvalue weighted by Gasteiger charge is 2.22. The number of nitrogens with one attached hydrogen (secondary N) is 1. The molecular formula is C21H19N3O. The predicted molar refractivity (Wildman–Crippen MR) is 98.2 cm³/mol. The molecule has 1 heterocycles. The Bertz CT molecular complexity index is 895. The second-order valence-corrected chi connectivity index (χ2v) is 6.19. The first kappa shape index (κ1) is 15.4. The second-order valence-electron chi connectivity index (χ2n) is 6.19. The Labute approximate surface area is 146 Å². The molecule has 1 aliphatic carbocycles. The Balaban J connectivity index is 1.39. The minimum atomic E-state index is -0.0552. The highest BCUT2D eigenvalue weighted by molar-refractivity contribution is 5.92. The van der Waals surface area contributed by atoms with Crippen molar-refractivity contribution in [3.8, 4) is 5.69 Å². The van der Waals surface area contributed by atoms with Crippen LogP contribution < -0.4 is 5.32 Å². The van der Waals surface area contributed by atoms with Crippen LogP contribution in [0.5, 0.6) is 0 Å². The van der Waals surface area contributed by atoms with Crippen LogP contribution >= 0.6 is 0 Å². The Morgan fingerprint density at radius 1 is 1.16 bits per heavy atom. The summed E-state index contributed by atoms with van der Waals surface area (Å²) >= 11 is 0. The molecule has 4 nitrogen and oxygen atoms in total. The lowest BCUT2D eigenvalue weighted by molar-refractivity contribution is -0.117. The van der Waals surface area contributed by atoms with Crippen molar-refractivity contribution < 1.29 is 4.79 Å². The van der Waals surface area contributed by atoms with Crippen LogP contribution in [0.4, 0.5) is 0 Å². The van der Waals surface area contributed by atoms with Crippen LogP contribution in [0.1, 0.15) is 29.2 Å². The lowest BCUT2D eigenvalue weighted by atomic mass is 10.1. The van der Waals surface area contributed by atoms with Crippen LogP contribution in [0.15, 0.2) is 73.3 Å². The number of benzene rings is 2. The molecule has 4 rings (SSSR count). The largest absolute Gasteiger partial charge is 0.346 e. The van der Waals surface area contributed by atoms with E-state index in [-0.39, 0.29) is 11.9 Å². The average Bonchev–Trinajstić information content (AvgIpc) is 3.31. The summed E-state index contributed by atoms with van der Waals surface area (Å²) in [6.07, 6.45) is 10.9. The van der Waals surface area contributed by atoms with Gasteiger partial charge in [0, 0.05) is 24.2 Å². The van der Waals surface area contributed by atoms with Crippen LogP contribution in [0.25, 0.3) is 11.8 Å². The molecule has 0 aliphatic heterocycles. The van der Waals surface area contributed by atoms with Gasteiger partial charge in [0.15, 0.2) is 0 Å². The Morgan fingerprint density at radius 2 is 2.00 bits per heavy atom. The van der Waals surface area contributed by atoms with Crippen molar-refractivity contribution in [3.05, 3.63) is 90.0 Å². The number of imidazole rings is 1. The van der Waals surface area contributed by atoms with E-state index in [1.807, 2.05) is 47.2 Å². The molecule has 1 N–H and O–H groups in total. The van der Waals surface area contributed by atoms with Gasteiger partial charge in [-0.1, -0.05) is 36.4 Å². The molecule has 0 radical (unpaired) electrons. The second kappa shape index (κ2) is 6.77. The number of carbonyl (C=O) groups is 1. The first-order valence-corrected chi connectivity index (χ1v) is 8.44. The minimum absolute atomic E-state index is 0.0552. The third kappa shape index (κ3) is 3.38. The third-order valence-corrected chi connectivity index (χ3v) is 4.57. The summed E-state index contributed by atoms with van der Waals surface area (Å²) in [5.41, 5.74) is 4.62. The van der Waals surface area contributed by atoms with E-state index in [4.69, 9.17) is 0 Å². The minimum Gasteiger partial charge on any atom is -0.346 e. The fourth-order valence-corrected chi connectivity index (χ4v) is 3.27. The van der Waals surface area contributed by atoms with Gasteiger partial charge in [0.2, 0.25) is 5.91 Å². The number of carbonyl (C=O) groups excluding carboxylic acids is 1. The van der Waals surface area contributed by atoms with Crippen molar-refractivity contribution in [1.29, 1.82) is 0 Å². The number of hydrogen-bond donors (Lipinski definition) is 1. The molecule has 4 heteroatoms. The SMILES string of the molecule is O=C(/C=C/c1ccc(-n2ccnc2)cc1)NC1CCc2ccccc21. The number of fused-ring (bicyclic) bond motifs is 1. The Morgan fingerprint density at radius 3 is 2.80 bits per heavy atom. The summed E-state index contributed by atoms with van der Waals surface area (Å²) in [4.78, 5) is 16.3. The maximum Gasteiger partial charge on any atom is 0.244 e. The summed E-state index contributed by atoms with van der Waals surface area (Å²) in [6.45, 7) is 0. The molecule has 0 bridgehead atoms. The van der Waals surface area contributed by atoms with E-state index in [0.717, 1.165) is 24.1 Å². The number of nitrogens with zero attached hydrogens (tertiary/aromatic N) is 2. The number of aromatic nitrogens is 2. The van der Waals surface area contributed by atoms with Crippen molar-refractivity contribution in [2.24, 2.45) is 0 Å². The number of aryl methyl sites for hydroxylation is 1. The maximum atomic E-state index is 12.2. The van der Waals surface area contributed by atoms with Gasteiger partial charge in [0.1, 0.15) is 0 Å². The van der Waals surface area contributed by atoms with Crippen molar-refractivity contribution >= 4 is 12.0 Å². The highest BCUT2D eigenvalue weighted by Crippen LogP contribution is 2.30. The molecule has 0 saturated carbocycles. The van der Waals surface area contributed by atoms with E-state index in [1.165, 1.54) is 11.1 Å². The average molecular weight is 329 g/mol. The Kier molecular flexibility index (Phi) is 4.17. The molecule has 0 fully saturated rings. The van der Waals surface area contributed by atoms with Gasteiger partial charge < -0.3 is 9.88 Å². The third-order valence-electron chi connectivity index (χ3n) is 4.57. The topological polar surface area (TPSA) is 46.9 Å². The van der Waals surface area contributed by atoms with E-state index in [1.54, 1.807) is 18.6 Å². The van der Waals surface area contributed by atoms with E-state index in [2.05, 4.69) is 28.5 Å². The lowest BCUT2D eigenvalue weighted by Crippen LogP contribution is -2.25. The Hall–Kier alpha value is -3.14. The molecule has 0 saturated heterocycles. The lowest BCUT2D eigenvalue weighted by Gasteiger charge is -2.12. The molecule has 2 aromatic carbocycles. The molecule has 3 aromatic rings. The summed E-state index contributed by atoms with van der Waals surface area (Å²) in [5.74, 6) is -0.0552. The molecule has 1 unspecified atom stereocenters. The van der Waals surface area contributed by atoms with Gasteiger partial charge in [0.25, 0.3) is 0 Å². The molecule has 1 aliphatic rings. The van der Waals surface area contributed by atoms with Crippen LogP contribution in [0.2, 0.25) is 0 Å². The quantitative estimate of drug-likeness (QED) is 0.742. The predicted octanol–water partition coefficient (Wildman–Crippen LogP) is 3.69. The number of amides is 1. The van der Waals surface area contributed by atoms with Gasteiger partial charge in [0.05, 0.1) is 12.4 Å². The number of rotatable bonds is 4. The zero-order valence-electron chi connectivity index (χ0n) is 13.8. The molecule has 1 atom stereocenters. The molecule has 0 spiro atoms. The summed E-state index contributed by atoms with van der Waals surface area (Å²) in [6, 6.07) is 16.4. The first-order chi connectivity index (χ1) is 12.3. The van der Waals surface area contributed by atoms with Crippen molar-refractivity contribution in [1.82, 2.24) is 14.9 Å². The van der Waals surface area contributed by atoms with Crippen LogP contribution in [0.3, 0.4) is 0 Å². The summed E-state index contributed by atoms with van der Waals surface area (Å²) in [5, 5.41) is 3.10. The van der Waals surface area contributed by atoms with Gasteiger partial charge in [-0.2, -0.15) is 0 Å². The zero-order chi connectivity index (χ0) is 17.1. The molecular weight excluding hydrogens is 310 g/mol. The van der Waals surface area contributed by atoms with Crippen molar-refractivity contribution in [2.75, 3.05) is 0 Å².